The van der Waals surface area contributed by atoms with Crippen LogP contribution in [0.15, 0.2) is 77.7 Å². The third-order valence-electron chi connectivity index (χ3n) is 5.19. The second kappa shape index (κ2) is 9.16. The van der Waals surface area contributed by atoms with Gasteiger partial charge in [0, 0.05) is 17.5 Å². The standard InChI is InChI=1S/C26H23N3O4/c1-16(2)14-22-24(31)20-6-4-5-7-21(20)25(32)26(22)33-23(30)13-10-18-15-29(28-27-18)19-11-8-17(3)9-12-19/h4-9,11-12,14-15H,10,13H2,1-3H3. The van der Waals surface area contributed by atoms with Gasteiger partial charge in [-0.05, 0) is 39.0 Å². The zero-order valence-corrected chi connectivity index (χ0v) is 18.7. The molecule has 4 rings (SSSR count). The van der Waals surface area contributed by atoms with Gasteiger partial charge in [0.05, 0.1) is 29.6 Å². The zero-order chi connectivity index (χ0) is 23.5. The topological polar surface area (TPSA) is 91.2 Å². The van der Waals surface area contributed by atoms with Crippen LogP contribution in [-0.4, -0.2) is 32.5 Å². The van der Waals surface area contributed by atoms with Gasteiger partial charge in [0.1, 0.15) is 0 Å². The van der Waals surface area contributed by atoms with Crippen molar-refractivity contribution in [3.8, 4) is 5.69 Å². The quantitative estimate of drug-likeness (QED) is 0.528. The summed E-state index contributed by atoms with van der Waals surface area (Å²) < 4.78 is 7.08. The van der Waals surface area contributed by atoms with Crippen LogP contribution in [0.5, 0.6) is 0 Å². The molecule has 0 bridgehead atoms. The molecule has 1 heterocycles. The summed E-state index contributed by atoms with van der Waals surface area (Å²) >= 11 is 0. The smallest absolute Gasteiger partial charge is 0.311 e. The summed E-state index contributed by atoms with van der Waals surface area (Å²) in [6, 6.07) is 14.4. The van der Waals surface area contributed by atoms with Crippen LogP contribution in [0.3, 0.4) is 0 Å². The maximum Gasteiger partial charge on any atom is 0.311 e. The van der Waals surface area contributed by atoms with Gasteiger partial charge >= 0.3 is 5.97 Å². The Balaban J connectivity index is 1.50. The highest BCUT2D eigenvalue weighted by atomic mass is 16.5. The molecule has 0 atom stereocenters. The van der Waals surface area contributed by atoms with Gasteiger partial charge < -0.3 is 4.74 Å². The van der Waals surface area contributed by atoms with E-state index in [9.17, 15) is 14.4 Å². The molecule has 1 aliphatic rings. The van der Waals surface area contributed by atoms with Gasteiger partial charge in [-0.25, -0.2) is 4.68 Å². The molecule has 1 aromatic heterocycles. The third kappa shape index (κ3) is 4.72. The lowest BCUT2D eigenvalue weighted by atomic mass is 9.87. The second-order valence-electron chi connectivity index (χ2n) is 8.13. The highest BCUT2D eigenvalue weighted by Gasteiger charge is 2.33. The lowest BCUT2D eigenvalue weighted by Gasteiger charge is -2.19. The van der Waals surface area contributed by atoms with Crippen molar-refractivity contribution >= 4 is 17.5 Å². The van der Waals surface area contributed by atoms with Crippen molar-refractivity contribution in [1.29, 1.82) is 0 Å². The van der Waals surface area contributed by atoms with E-state index in [2.05, 4.69) is 10.3 Å². The number of aromatic nitrogens is 3. The number of fused-ring (bicyclic) bond motifs is 1. The summed E-state index contributed by atoms with van der Waals surface area (Å²) in [6.07, 6.45) is 3.60. The summed E-state index contributed by atoms with van der Waals surface area (Å²) in [5.41, 5.74) is 4.07. The molecule has 0 N–H and O–H groups in total. The molecule has 0 aliphatic heterocycles. The number of rotatable bonds is 6. The number of hydrogen-bond acceptors (Lipinski definition) is 6. The first-order chi connectivity index (χ1) is 15.8. The van der Waals surface area contributed by atoms with E-state index in [0.29, 0.717) is 11.3 Å². The van der Waals surface area contributed by atoms with Gasteiger partial charge in [0.2, 0.25) is 5.78 Å². The normalized spacial score (nSPS) is 13.1. The number of ketones is 2. The fourth-order valence-corrected chi connectivity index (χ4v) is 3.52. The number of ether oxygens (including phenoxy) is 1. The van der Waals surface area contributed by atoms with Crippen molar-refractivity contribution < 1.29 is 19.1 Å². The molecule has 0 unspecified atom stereocenters. The maximum absolute atomic E-state index is 13.0. The highest BCUT2D eigenvalue weighted by Crippen LogP contribution is 2.29. The van der Waals surface area contributed by atoms with Crippen LogP contribution >= 0.6 is 0 Å². The van der Waals surface area contributed by atoms with E-state index in [0.717, 1.165) is 16.8 Å². The van der Waals surface area contributed by atoms with Crippen molar-refractivity contribution in [2.24, 2.45) is 0 Å². The summed E-state index contributed by atoms with van der Waals surface area (Å²) in [6.45, 7) is 5.62. The minimum absolute atomic E-state index is 0.0126. The molecule has 33 heavy (non-hydrogen) atoms. The largest absolute Gasteiger partial charge is 0.421 e. The van der Waals surface area contributed by atoms with Crippen LogP contribution < -0.4 is 0 Å². The van der Waals surface area contributed by atoms with E-state index in [1.165, 1.54) is 0 Å². The summed E-state index contributed by atoms with van der Waals surface area (Å²) in [5, 5.41) is 8.21. The van der Waals surface area contributed by atoms with E-state index in [1.54, 1.807) is 41.2 Å². The van der Waals surface area contributed by atoms with Gasteiger partial charge in [-0.15, -0.1) is 5.10 Å². The van der Waals surface area contributed by atoms with E-state index in [4.69, 9.17) is 4.74 Å². The molecular formula is C26H23N3O4. The van der Waals surface area contributed by atoms with Crippen molar-refractivity contribution in [2.45, 2.75) is 33.6 Å². The molecule has 0 radical (unpaired) electrons. The summed E-state index contributed by atoms with van der Waals surface area (Å²) in [7, 11) is 0. The van der Waals surface area contributed by atoms with Crippen LogP contribution in [0.2, 0.25) is 0 Å². The van der Waals surface area contributed by atoms with Crippen LogP contribution in [0.1, 0.15) is 52.2 Å². The van der Waals surface area contributed by atoms with Crippen LogP contribution in [-0.2, 0) is 16.0 Å². The molecule has 1 aliphatic carbocycles. The first-order valence-electron chi connectivity index (χ1n) is 10.6. The van der Waals surface area contributed by atoms with Crippen LogP contribution in [0, 0.1) is 6.92 Å². The van der Waals surface area contributed by atoms with E-state index < -0.39 is 11.8 Å². The number of allylic oxidation sites excluding steroid dienone is 4. The Hall–Kier alpha value is -4.13. The Kier molecular flexibility index (Phi) is 6.13. The van der Waals surface area contributed by atoms with Crippen molar-refractivity contribution in [3.05, 3.63) is 100 Å². The molecule has 7 nitrogen and oxygen atoms in total. The minimum atomic E-state index is -0.616. The SMILES string of the molecule is CC(C)=CC1=C(OC(=O)CCc2cn(-c3ccc(C)cc3)nn2)C(=O)c2ccccc2C1=O. The molecule has 0 saturated heterocycles. The Morgan fingerprint density at radius 3 is 2.33 bits per heavy atom. The summed E-state index contributed by atoms with van der Waals surface area (Å²) in [4.78, 5) is 38.6. The number of nitrogens with zero attached hydrogens (tertiary/aromatic N) is 3. The predicted octanol–water partition coefficient (Wildman–Crippen LogP) is 4.35. The van der Waals surface area contributed by atoms with Gasteiger partial charge in [0.25, 0.3) is 0 Å². The second-order valence-corrected chi connectivity index (χ2v) is 8.13. The Labute approximate surface area is 191 Å². The third-order valence-corrected chi connectivity index (χ3v) is 5.19. The molecule has 2 aromatic carbocycles. The Morgan fingerprint density at radius 1 is 1.00 bits per heavy atom. The molecule has 166 valence electrons. The molecule has 7 heteroatoms. The first kappa shape index (κ1) is 22.1. The molecule has 0 saturated carbocycles. The van der Waals surface area contributed by atoms with Crippen molar-refractivity contribution in [2.75, 3.05) is 0 Å². The van der Waals surface area contributed by atoms with E-state index >= 15 is 0 Å². The highest BCUT2D eigenvalue weighted by molar-refractivity contribution is 6.27. The average molecular weight is 441 g/mol. The maximum atomic E-state index is 13.0. The fourth-order valence-electron chi connectivity index (χ4n) is 3.52. The molecule has 3 aromatic rings. The molecule has 0 spiro atoms. The van der Waals surface area contributed by atoms with Gasteiger partial charge in [0.15, 0.2) is 11.5 Å². The first-order valence-corrected chi connectivity index (χ1v) is 10.6. The van der Waals surface area contributed by atoms with E-state index in [-0.39, 0.29) is 35.5 Å². The van der Waals surface area contributed by atoms with Gasteiger partial charge in [-0.1, -0.05) is 52.7 Å². The average Bonchev–Trinajstić information content (AvgIpc) is 3.27. The lowest BCUT2D eigenvalue weighted by Crippen LogP contribution is -2.24. The number of benzene rings is 2. The van der Waals surface area contributed by atoms with Gasteiger partial charge in [-0.2, -0.15) is 0 Å². The number of carbonyl (C=O) groups excluding carboxylic acids is 3. The fraction of sp³-hybridized carbons (Fsp3) is 0.192. The number of hydrogen-bond donors (Lipinski definition) is 0. The number of aryl methyl sites for hydroxylation is 2. The number of Topliss-reactive ketones (excluding diaryl/α,β-unsaturated/α-hetero) is 2. The van der Waals surface area contributed by atoms with E-state index in [1.807, 2.05) is 45.0 Å². The number of carbonyl (C=O) groups is 3. The molecule has 0 fully saturated rings. The van der Waals surface area contributed by atoms with Crippen LogP contribution in [0.25, 0.3) is 5.69 Å². The monoisotopic (exact) mass is 441 g/mol. The molecular weight excluding hydrogens is 418 g/mol. The Bertz CT molecular complexity index is 1310. The summed E-state index contributed by atoms with van der Waals surface area (Å²) in [5.74, 6) is -1.66. The zero-order valence-electron chi connectivity index (χ0n) is 18.7. The minimum Gasteiger partial charge on any atom is -0.421 e. The van der Waals surface area contributed by atoms with Crippen molar-refractivity contribution in [3.63, 3.8) is 0 Å². The molecule has 0 amide bonds. The predicted molar refractivity (Wildman–Crippen MR) is 122 cm³/mol. The van der Waals surface area contributed by atoms with Crippen molar-refractivity contribution in [1.82, 2.24) is 15.0 Å². The lowest BCUT2D eigenvalue weighted by molar-refractivity contribution is -0.139. The Morgan fingerprint density at radius 2 is 1.67 bits per heavy atom. The number of esters is 1. The van der Waals surface area contributed by atoms with Crippen LogP contribution in [0.4, 0.5) is 0 Å². The van der Waals surface area contributed by atoms with Gasteiger partial charge in [-0.3, -0.25) is 14.4 Å².